The van der Waals surface area contributed by atoms with E-state index in [9.17, 15) is 14.7 Å². The standard InChI is InChI=1S/C20H20Cl2N6O3S.CH4O/c1-9-7-24-12(8-23-9)15-17(19(30)31)32-20(27-15)28-5-3-11(4-6-28)26-18(29)16-14(22)13(21)10(2)25-16;1-2/h7-8,11,25H,3-6H2,1-2H3,(H,26,29)(H,30,31);2H,1H3. The molecule has 0 radical (unpaired) electrons. The number of nitrogens with one attached hydrogen (secondary N) is 2. The monoisotopic (exact) mass is 526 g/mol. The highest BCUT2D eigenvalue weighted by Crippen LogP contribution is 2.34. The van der Waals surface area contributed by atoms with Gasteiger partial charge >= 0.3 is 5.97 Å². The number of nitrogens with zero attached hydrogens (tertiary/aromatic N) is 4. The van der Waals surface area contributed by atoms with Gasteiger partial charge in [0.05, 0.1) is 21.9 Å². The van der Waals surface area contributed by atoms with E-state index in [0.717, 1.165) is 24.1 Å². The molecule has 0 aliphatic carbocycles. The highest BCUT2D eigenvalue weighted by Gasteiger charge is 2.28. The number of aromatic carboxylic acids is 1. The Morgan fingerprint density at radius 3 is 2.35 bits per heavy atom. The minimum absolute atomic E-state index is 0.0430. The van der Waals surface area contributed by atoms with Crippen LogP contribution >= 0.6 is 34.5 Å². The van der Waals surface area contributed by atoms with Crippen molar-refractivity contribution in [2.24, 2.45) is 0 Å². The smallest absolute Gasteiger partial charge is 0.348 e. The number of carboxylic acids is 1. The summed E-state index contributed by atoms with van der Waals surface area (Å²) in [6, 6.07) is -0.0430. The molecule has 0 aromatic carbocycles. The molecule has 4 heterocycles. The number of aromatic amines is 1. The molecule has 4 N–H and O–H groups in total. The van der Waals surface area contributed by atoms with Crippen LogP contribution in [-0.4, -0.2) is 68.3 Å². The molecule has 10 nitrogen and oxygen atoms in total. The fourth-order valence-corrected chi connectivity index (χ4v) is 4.86. The van der Waals surface area contributed by atoms with Gasteiger partial charge in [-0.25, -0.2) is 9.78 Å². The van der Waals surface area contributed by atoms with Gasteiger partial charge in [-0.1, -0.05) is 34.5 Å². The van der Waals surface area contributed by atoms with Crippen LogP contribution in [0.3, 0.4) is 0 Å². The number of hydrogen-bond acceptors (Lipinski definition) is 8. The molecule has 34 heavy (non-hydrogen) atoms. The summed E-state index contributed by atoms with van der Waals surface area (Å²) < 4.78 is 0. The molecule has 3 aromatic heterocycles. The second-order valence-electron chi connectivity index (χ2n) is 7.51. The molecule has 1 aliphatic rings. The molecular weight excluding hydrogens is 503 g/mol. The Labute approximate surface area is 210 Å². The van der Waals surface area contributed by atoms with E-state index in [1.165, 1.54) is 6.20 Å². The number of halogens is 2. The Bertz CT molecular complexity index is 1170. The van der Waals surface area contributed by atoms with E-state index in [0.29, 0.717) is 53.2 Å². The zero-order chi connectivity index (χ0) is 25.0. The van der Waals surface area contributed by atoms with Gasteiger partial charge < -0.3 is 25.4 Å². The predicted octanol–water partition coefficient (Wildman–Crippen LogP) is 3.56. The molecule has 0 bridgehead atoms. The summed E-state index contributed by atoms with van der Waals surface area (Å²) in [5.74, 6) is -1.35. The van der Waals surface area contributed by atoms with Gasteiger partial charge in [-0.2, -0.15) is 0 Å². The number of anilines is 1. The van der Waals surface area contributed by atoms with E-state index in [1.54, 1.807) is 13.1 Å². The second kappa shape index (κ2) is 11.1. The lowest BCUT2D eigenvalue weighted by molar-refractivity contribution is 0.0702. The highest BCUT2D eigenvalue weighted by atomic mass is 35.5. The molecule has 1 amide bonds. The third kappa shape index (κ3) is 5.49. The summed E-state index contributed by atoms with van der Waals surface area (Å²) in [5, 5.41) is 20.8. The van der Waals surface area contributed by atoms with Crippen molar-refractivity contribution in [3.05, 3.63) is 44.4 Å². The maximum absolute atomic E-state index is 12.6. The molecule has 0 saturated carbocycles. The Hall–Kier alpha value is -2.73. The fraction of sp³-hybridized carbons (Fsp3) is 0.381. The van der Waals surface area contributed by atoms with Crippen LogP contribution in [0.5, 0.6) is 0 Å². The number of carboxylic acid groups (broad SMARTS) is 1. The predicted molar refractivity (Wildman–Crippen MR) is 131 cm³/mol. The Balaban J connectivity index is 0.00000158. The number of aromatic nitrogens is 4. The summed E-state index contributed by atoms with van der Waals surface area (Å²) in [7, 11) is 1.00. The van der Waals surface area contributed by atoms with Gasteiger partial charge in [-0.15, -0.1) is 0 Å². The lowest BCUT2D eigenvalue weighted by Crippen LogP contribution is -2.44. The van der Waals surface area contributed by atoms with Crippen molar-refractivity contribution in [3.63, 3.8) is 0 Å². The van der Waals surface area contributed by atoms with E-state index in [-0.39, 0.29) is 27.5 Å². The third-order valence-corrected chi connectivity index (χ3v) is 7.27. The number of carbonyl (C=O) groups is 2. The number of piperidine rings is 1. The molecule has 0 unspecified atom stereocenters. The van der Waals surface area contributed by atoms with Crippen molar-refractivity contribution < 1.29 is 19.8 Å². The highest BCUT2D eigenvalue weighted by molar-refractivity contribution is 7.17. The van der Waals surface area contributed by atoms with Gasteiger partial charge in [-0.3, -0.25) is 14.8 Å². The van der Waals surface area contributed by atoms with Crippen LogP contribution < -0.4 is 10.2 Å². The Morgan fingerprint density at radius 1 is 1.15 bits per heavy atom. The van der Waals surface area contributed by atoms with Crippen LogP contribution in [0, 0.1) is 13.8 Å². The van der Waals surface area contributed by atoms with Gasteiger partial charge in [0, 0.05) is 38.1 Å². The second-order valence-corrected chi connectivity index (χ2v) is 9.24. The first-order valence-corrected chi connectivity index (χ1v) is 11.9. The number of thiazole rings is 1. The maximum atomic E-state index is 12.6. The molecular formula is C21H24Cl2N6O4S. The maximum Gasteiger partial charge on any atom is 0.348 e. The number of hydrogen-bond donors (Lipinski definition) is 4. The quantitative estimate of drug-likeness (QED) is 0.394. The van der Waals surface area contributed by atoms with Crippen LogP contribution in [0.25, 0.3) is 11.4 Å². The van der Waals surface area contributed by atoms with E-state index in [1.807, 2.05) is 11.8 Å². The third-order valence-electron chi connectivity index (χ3n) is 5.22. The van der Waals surface area contributed by atoms with Crippen molar-refractivity contribution in [2.45, 2.75) is 32.7 Å². The summed E-state index contributed by atoms with van der Waals surface area (Å²) in [5.41, 5.74) is 2.38. The number of rotatable bonds is 5. The van der Waals surface area contributed by atoms with Crippen LogP contribution in [0.1, 0.15) is 44.4 Å². The number of aryl methyl sites for hydroxylation is 2. The zero-order valence-corrected chi connectivity index (χ0v) is 21.1. The van der Waals surface area contributed by atoms with Gasteiger partial charge in [-0.05, 0) is 26.7 Å². The Morgan fingerprint density at radius 2 is 1.82 bits per heavy atom. The van der Waals surface area contributed by atoms with Crippen LogP contribution in [-0.2, 0) is 0 Å². The topological polar surface area (TPSA) is 144 Å². The van der Waals surface area contributed by atoms with Crippen LogP contribution in [0.2, 0.25) is 10.0 Å². The molecule has 1 aliphatic heterocycles. The van der Waals surface area contributed by atoms with Crippen LogP contribution in [0.15, 0.2) is 12.4 Å². The average molecular weight is 527 g/mol. The molecule has 0 spiro atoms. The first-order valence-electron chi connectivity index (χ1n) is 10.3. The normalized spacial score (nSPS) is 13.9. The molecule has 13 heteroatoms. The van der Waals surface area contributed by atoms with Gasteiger partial charge in [0.1, 0.15) is 22.0 Å². The molecule has 0 atom stereocenters. The molecule has 1 fully saturated rings. The molecule has 182 valence electrons. The average Bonchev–Trinajstić information content (AvgIpc) is 3.39. The molecule has 3 aromatic rings. The van der Waals surface area contributed by atoms with Gasteiger partial charge in [0.2, 0.25) is 0 Å². The van der Waals surface area contributed by atoms with Crippen LogP contribution in [0.4, 0.5) is 5.13 Å². The minimum Gasteiger partial charge on any atom is -0.477 e. The summed E-state index contributed by atoms with van der Waals surface area (Å²) >= 11 is 13.3. The molecule has 4 rings (SSSR count). The number of aliphatic hydroxyl groups excluding tert-OH is 1. The summed E-state index contributed by atoms with van der Waals surface area (Å²) in [4.78, 5) is 42.4. The van der Waals surface area contributed by atoms with Gasteiger partial charge in [0.15, 0.2) is 5.13 Å². The van der Waals surface area contributed by atoms with Crippen molar-refractivity contribution in [1.82, 2.24) is 25.3 Å². The van der Waals surface area contributed by atoms with E-state index >= 15 is 0 Å². The van der Waals surface area contributed by atoms with Crippen molar-refractivity contribution in [2.75, 3.05) is 25.1 Å². The lowest BCUT2D eigenvalue weighted by Gasteiger charge is -2.32. The lowest BCUT2D eigenvalue weighted by atomic mass is 10.1. The number of carbonyl (C=O) groups excluding carboxylic acids is 1. The van der Waals surface area contributed by atoms with E-state index < -0.39 is 5.97 Å². The number of aliphatic hydroxyl groups is 1. The van der Waals surface area contributed by atoms with E-state index in [2.05, 4.69) is 25.3 Å². The Kier molecular flexibility index (Phi) is 8.47. The minimum atomic E-state index is -1.05. The fourth-order valence-electron chi connectivity index (χ4n) is 3.48. The zero-order valence-electron chi connectivity index (χ0n) is 18.7. The van der Waals surface area contributed by atoms with Crippen molar-refractivity contribution in [3.8, 4) is 11.4 Å². The SMILES string of the molecule is CO.Cc1cnc(-c2nc(N3CCC(NC(=O)c4[nH]c(C)c(Cl)c4Cl)CC3)sc2C(=O)O)cn1. The summed E-state index contributed by atoms with van der Waals surface area (Å²) in [6.07, 6.45) is 4.47. The summed E-state index contributed by atoms with van der Waals surface area (Å²) in [6.45, 7) is 4.80. The molecule has 1 saturated heterocycles. The van der Waals surface area contributed by atoms with Gasteiger partial charge in [0.25, 0.3) is 5.91 Å². The van der Waals surface area contributed by atoms with E-state index in [4.69, 9.17) is 28.3 Å². The van der Waals surface area contributed by atoms with Crippen molar-refractivity contribution in [1.29, 1.82) is 0 Å². The largest absolute Gasteiger partial charge is 0.477 e. The number of amides is 1. The first-order chi connectivity index (χ1) is 16.2. The first kappa shape index (κ1) is 25.9. The number of H-pyrrole nitrogens is 1. The van der Waals surface area contributed by atoms with Crippen molar-refractivity contribution >= 4 is 51.5 Å².